The van der Waals surface area contributed by atoms with E-state index in [0.717, 1.165) is 11.9 Å². The summed E-state index contributed by atoms with van der Waals surface area (Å²) in [4.78, 5) is 14.7. The summed E-state index contributed by atoms with van der Waals surface area (Å²) in [5, 5.41) is 15.3. The van der Waals surface area contributed by atoms with Crippen molar-refractivity contribution in [1.82, 2.24) is 15.6 Å². The van der Waals surface area contributed by atoms with Gasteiger partial charge in [0.05, 0.1) is 0 Å². The Labute approximate surface area is 118 Å². The van der Waals surface area contributed by atoms with Gasteiger partial charge in [-0.25, -0.2) is 4.79 Å². The molecule has 0 aliphatic heterocycles. The van der Waals surface area contributed by atoms with E-state index in [2.05, 4.69) is 40.7 Å². The molecule has 0 saturated carbocycles. The van der Waals surface area contributed by atoms with E-state index in [9.17, 15) is 4.79 Å². The minimum atomic E-state index is -0.186. The van der Waals surface area contributed by atoms with Gasteiger partial charge in [0.1, 0.15) is 0 Å². The number of aliphatic hydroxyl groups is 1. The van der Waals surface area contributed by atoms with Crippen LogP contribution in [-0.2, 0) is 6.42 Å². The van der Waals surface area contributed by atoms with Crippen molar-refractivity contribution in [1.29, 1.82) is 0 Å². The summed E-state index contributed by atoms with van der Waals surface area (Å²) in [6.45, 7) is 3.24. The lowest BCUT2D eigenvalue weighted by Gasteiger charge is -2.06. The molecule has 2 amide bonds. The van der Waals surface area contributed by atoms with Gasteiger partial charge in [-0.2, -0.15) is 0 Å². The Hall–Kier alpha value is -2.01. The largest absolute Gasteiger partial charge is 0.396 e. The summed E-state index contributed by atoms with van der Waals surface area (Å²) < 4.78 is 0. The average Bonchev–Trinajstić information content (AvgIpc) is 2.81. The minimum absolute atomic E-state index is 0.0923. The highest BCUT2D eigenvalue weighted by Gasteiger charge is 2.04. The first-order chi connectivity index (χ1) is 9.70. The van der Waals surface area contributed by atoms with Gasteiger partial charge in [-0.3, -0.25) is 0 Å². The fourth-order valence-electron chi connectivity index (χ4n) is 2.16. The van der Waals surface area contributed by atoms with E-state index in [0.29, 0.717) is 19.5 Å². The van der Waals surface area contributed by atoms with Gasteiger partial charge >= 0.3 is 6.03 Å². The maximum Gasteiger partial charge on any atom is 0.314 e. The van der Waals surface area contributed by atoms with Gasteiger partial charge in [-0.05, 0) is 37.0 Å². The van der Waals surface area contributed by atoms with E-state index >= 15 is 0 Å². The van der Waals surface area contributed by atoms with Crippen LogP contribution in [-0.4, -0.2) is 35.8 Å². The maximum atomic E-state index is 11.4. The van der Waals surface area contributed by atoms with Gasteiger partial charge in [0.2, 0.25) is 0 Å². The number of rotatable bonds is 6. The molecule has 0 unspecified atom stereocenters. The second-order valence-corrected chi connectivity index (χ2v) is 4.87. The Morgan fingerprint density at radius 1 is 1.30 bits per heavy atom. The lowest BCUT2D eigenvalue weighted by Crippen LogP contribution is -2.37. The van der Waals surface area contributed by atoms with Crippen LogP contribution in [0.3, 0.4) is 0 Å². The van der Waals surface area contributed by atoms with Crippen molar-refractivity contribution in [3.8, 4) is 0 Å². The summed E-state index contributed by atoms with van der Waals surface area (Å²) in [6, 6.07) is 6.13. The Bertz CT molecular complexity index is 578. The topological polar surface area (TPSA) is 77.2 Å². The first-order valence-electron chi connectivity index (χ1n) is 6.90. The predicted molar refractivity (Wildman–Crippen MR) is 79.8 cm³/mol. The molecule has 2 rings (SSSR count). The van der Waals surface area contributed by atoms with Crippen molar-refractivity contribution in [2.24, 2.45) is 0 Å². The fraction of sp³-hybridized carbons (Fsp3) is 0.400. The normalized spacial score (nSPS) is 10.7. The zero-order valence-corrected chi connectivity index (χ0v) is 11.7. The molecule has 4 N–H and O–H groups in total. The van der Waals surface area contributed by atoms with Crippen LogP contribution in [0.4, 0.5) is 4.79 Å². The molecule has 5 nitrogen and oxygen atoms in total. The number of H-pyrrole nitrogens is 1. The molecule has 0 saturated heterocycles. The number of carbonyl (C=O) groups is 1. The van der Waals surface area contributed by atoms with Crippen molar-refractivity contribution in [2.45, 2.75) is 19.8 Å². The summed E-state index contributed by atoms with van der Waals surface area (Å²) in [7, 11) is 0. The number of carbonyl (C=O) groups excluding carboxylic acids is 1. The standard InChI is InChI=1S/C15H21N3O2/c1-11-3-4-13-12(10-18-14(13)9-11)5-7-17-15(20)16-6-2-8-19/h3-4,9-10,18-19H,2,5-8H2,1H3,(H2,16,17,20). The molecule has 0 spiro atoms. The van der Waals surface area contributed by atoms with Crippen LogP contribution in [0.15, 0.2) is 24.4 Å². The van der Waals surface area contributed by atoms with Crippen LogP contribution < -0.4 is 10.6 Å². The number of urea groups is 1. The molecule has 108 valence electrons. The molecule has 0 aliphatic rings. The second-order valence-electron chi connectivity index (χ2n) is 4.87. The van der Waals surface area contributed by atoms with Crippen molar-refractivity contribution < 1.29 is 9.90 Å². The molecule has 0 atom stereocenters. The van der Waals surface area contributed by atoms with Crippen LogP contribution in [0.1, 0.15) is 17.5 Å². The number of hydrogen-bond donors (Lipinski definition) is 4. The van der Waals surface area contributed by atoms with Crippen molar-refractivity contribution in [3.63, 3.8) is 0 Å². The minimum Gasteiger partial charge on any atom is -0.396 e. The molecular formula is C15H21N3O2. The molecule has 1 heterocycles. The van der Waals surface area contributed by atoms with E-state index in [1.807, 2.05) is 6.20 Å². The zero-order valence-electron chi connectivity index (χ0n) is 11.7. The smallest absolute Gasteiger partial charge is 0.314 e. The molecule has 0 radical (unpaired) electrons. The van der Waals surface area contributed by atoms with E-state index in [-0.39, 0.29) is 12.6 Å². The Morgan fingerprint density at radius 2 is 2.10 bits per heavy atom. The monoisotopic (exact) mass is 275 g/mol. The SMILES string of the molecule is Cc1ccc2c(CCNC(=O)NCCCO)c[nH]c2c1. The molecule has 2 aromatic rings. The zero-order chi connectivity index (χ0) is 14.4. The number of aromatic nitrogens is 1. The summed E-state index contributed by atoms with van der Waals surface area (Å²) in [6.07, 6.45) is 3.36. The van der Waals surface area contributed by atoms with Gasteiger partial charge in [-0.1, -0.05) is 12.1 Å². The molecule has 5 heteroatoms. The maximum absolute atomic E-state index is 11.4. The number of nitrogens with one attached hydrogen (secondary N) is 3. The summed E-state index contributed by atoms with van der Waals surface area (Å²) in [5.41, 5.74) is 3.57. The van der Waals surface area contributed by atoms with Crippen molar-refractivity contribution in [3.05, 3.63) is 35.5 Å². The molecule has 1 aromatic heterocycles. The van der Waals surface area contributed by atoms with Crippen LogP contribution >= 0.6 is 0 Å². The first kappa shape index (κ1) is 14.4. The van der Waals surface area contributed by atoms with E-state index in [1.165, 1.54) is 16.5 Å². The van der Waals surface area contributed by atoms with E-state index in [1.54, 1.807) is 0 Å². The number of benzene rings is 1. The van der Waals surface area contributed by atoms with Gasteiger partial charge in [0.25, 0.3) is 0 Å². The number of aromatic amines is 1. The lowest BCUT2D eigenvalue weighted by atomic mass is 10.1. The van der Waals surface area contributed by atoms with Gasteiger partial charge < -0.3 is 20.7 Å². The highest BCUT2D eigenvalue weighted by Crippen LogP contribution is 2.19. The fourth-order valence-corrected chi connectivity index (χ4v) is 2.16. The molecule has 0 fully saturated rings. The lowest BCUT2D eigenvalue weighted by molar-refractivity contribution is 0.238. The molecule has 0 bridgehead atoms. The highest BCUT2D eigenvalue weighted by atomic mass is 16.3. The average molecular weight is 275 g/mol. The number of aryl methyl sites for hydroxylation is 1. The van der Waals surface area contributed by atoms with Gasteiger partial charge in [0.15, 0.2) is 0 Å². The van der Waals surface area contributed by atoms with Crippen LogP contribution in [0.2, 0.25) is 0 Å². The number of aliphatic hydroxyl groups excluding tert-OH is 1. The Kier molecular flexibility index (Phi) is 5.01. The third kappa shape index (κ3) is 3.74. The Morgan fingerprint density at radius 3 is 2.90 bits per heavy atom. The van der Waals surface area contributed by atoms with Crippen LogP contribution in [0.5, 0.6) is 0 Å². The van der Waals surface area contributed by atoms with Gasteiger partial charge in [-0.15, -0.1) is 0 Å². The molecule has 0 aliphatic carbocycles. The third-order valence-corrected chi connectivity index (χ3v) is 3.22. The predicted octanol–water partition coefficient (Wildman–Crippen LogP) is 1.70. The highest BCUT2D eigenvalue weighted by molar-refractivity contribution is 5.83. The van der Waals surface area contributed by atoms with Gasteiger partial charge in [0, 0.05) is 36.8 Å². The number of fused-ring (bicyclic) bond motifs is 1. The molecular weight excluding hydrogens is 254 g/mol. The summed E-state index contributed by atoms with van der Waals surface area (Å²) in [5.74, 6) is 0. The molecule has 1 aromatic carbocycles. The third-order valence-electron chi connectivity index (χ3n) is 3.22. The van der Waals surface area contributed by atoms with E-state index in [4.69, 9.17) is 5.11 Å². The second kappa shape index (κ2) is 6.96. The number of amides is 2. The molecule has 20 heavy (non-hydrogen) atoms. The van der Waals surface area contributed by atoms with Crippen LogP contribution in [0.25, 0.3) is 10.9 Å². The number of hydrogen-bond acceptors (Lipinski definition) is 2. The first-order valence-corrected chi connectivity index (χ1v) is 6.90. The van der Waals surface area contributed by atoms with Crippen LogP contribution in [0, 0.1) is 6.92 Å². The van der Waals surface area contributed by atoms with Crippen molar-refractivity contribution >= 4 is 16.9 Å². The van der Waals surface area contributed by atoms with Crippen molar-refractivity contribution in [2.75, 3.05) is 19.7 Å². The Balaban J connectivity index is 1.82. The summed E-state index contributed by atoms with van der Waals surface area (Å²) >= 11 is 0. The quantitative estimate of drug-likeness (QED) is 0.606. The van der Waals surface area contributed by atoms with E-state index < -0.39 is 0 Å².